The number of likely N-dealkylation sites (tertiary alicyclic amines) is 1. The highest BCUT2D eigenvalue weighted by Gasteiger charge is 2.52. The van der Waals surface area contributed by atoms with E-state index in [0.29, 0.717) is 12.0 Å². The van der Waals surface area contributed by atoms with E-state index in [1.165, 1.54) is 0 Å². The summed E-state index contributed by atoms with van der Waals surface area (Å²) >= 11 is 0. The van der Waals surface area contributed by atoms with Crippen molar-refractivity contribution in [3.8, 4) is 0 Å². The summed E-state index contributed by atoms with van der Waals surface area (Å²) in [5.41, 5.74) is 1.44. The minimum atomic E-state index is -0.390. The number of carbonyl (C=O) groups is 2. The van der Waals surface area contributed by atoms with Crippen LogP contribution in [0.1, 0.15) is 54.6 Å². The summed E-state index contributed by atoms with van der Waals surface area (Å²) < 4.78 is 0. The SMILES string of the molecule is C[C@]12C[C@@H](c3ccccc3)N(C(=O)c3ccccc3)[C@H]1CCCC(=O)N2. The minimum Gasteiger partial charge on any atom is -0.349 e. The van der Waals surface area contributed by atoms with Gasteiger partial charge in [0.1, 0.15) is 0 Å². The Morgan fingerprint density at radius 2 is 1.73 bits per heavy atom. The summed E-state index contributed by atoms with van der Waals surface area (Å²) in [6.45, 7) is 2.09. The van der Waals surface area contributed by atoms with Gasteiger partial charge < -0.3 is 10.2 Å². The molecule has 2 aromatic rings. The van der Waals surface area contributed by atoms with Gasteiger partial charge in [0.25, 0.3) is 5.91 Å². The second-order valence-electron chi connectivity index (χ2n) is 7.58. The van der Waals surface area contributed by atoms with Crippen molar-refractivity contribution in [3.63, 3.8) is 0 Å². The van der Waals surface area contributed by atoms with Gasteiger partial charge in [-0.15, -0.1) is 0 Å². The van der Waals surface area contributed by atoms with E-state index in [1.807, 2.05) is 53.4 Å². The van der Waals surface area contributed by atoms with E-state index in [-0.39, 0.29) is 23.9 Å². The van der Waals surface area contributed by atoms with Crippen molar-refractivity contribution in [2.45, 2.75) is 50.2 Å². The number of benzene rings is 2. The highest BCUT2D eigenvalue weighted by molar-refractivity contribution is 5.95. The van der Waals surface area contributed by atoms with Crippen LogP contribution in [0.15, 0.2) is 60.7 Å². The number of hydrogen-bond acceptors (Lipinski definition) is 2. The summed E-state index contributed by atoms with van der Waals surface area (Å²) in [4.78, 5) is 27.7. The number of rotatable bonds is 2. The van der Waals surface area contributed by atoms with E-state index in [1.54, 1.807) is 0 Å². The maximum absolute atomic E-state index is 13.4. The van der Waals surface area contributed by atoms with Crippen molar-refractivity contribution in [1.82, 2.24) is 10.2 Å². The minimum absolute atomic E-state index is 0.00635. The average molecular weight is 348 g/mol. The molecule has 2 heterocycles. The van der Waals surface area contributed by atoms with E-state index < -0.39 is 5.54 Å². The number of amides is 2. The standard InChI is InChI=1S/C22H24N2O2/c1-22-15-18(16-9-4-2-5-10-16)24(19(22)13-8-14-20(25)23-22)21(26)17-11-6-3-7-12-17/h2-7,9-12,18-19H,8,13-15H2,1H3,(H,23,25)/t18-,19-,22-/m0/s1. The predicted molar refractivity (Wildman–Crippen MR) is 101 cm³/mol. The van der Waals surface area contributed by atoms with Crippen LogP contribution >= 0.6 is 0 Å². The maximum Gasteiger partial charge on any atom is 0.254 e. The first-order valence-corrected chi connectivity index (χ1v) is 9.32. The highest BCUT2D eigenvalue weighted by Crippen LogP contribution is 2.45. The van der Waals surface area contributed by atoms with Crippen LogP contribution in [0.4, 0.5) is 0 Å². The molecule has 1 N–H and O–H groups in total. The quantitative estimate of drug-likeness (QED) is 0.900. The molecule has 0 unspecified atom stereocenters. The second-order valence-corrected chi connectivity index (χ2v) is 7.58. The lowest BCUT2D eigenvalue weighted by molar-refractivity contribution is -0.122. The molecule has 0 radical (unpaired) electrons. The topological polar surface area (TPSA) is 49.4 Å². The van der Waals surface area contributed by atoms with Crippen molar-refractivity contribution in [2.75, 3.05) is 0 Å². The first-order chi connectivity index (χ1) is 12.6. The Labute approximate surface area is 154 Å². The molecular weight excluding hydrogens is 324 g/mol. The fourth-order valence-corrected chi connectivity index (χ4v) is 4.56. The summed E-state index contributed by atoms with van der Waals surface area (Å²) in [7, 11) is 0. The molecule has 4 rings (SSSR count). The van der Waals surface area contributed by atoms with Crippen LogP contribution in [-0.4, -0.2) is 28.3 Å². The van der Waals surface area contributed by atoms with Crippen molar-refractivity contribution in [2.24, 2.45) is 0 Å². The highest BCUT2D eigenvalue weighted by atomic mass is 16.2. The van der Waals surface area contributed by atoms with Crippen molar-refractivity contribution >= 4 is 11.8 Å². The van der Waals surface area contributed by atoms with Gasteiger partial charge in [0.15, 0.2) is 0 Å². The Kier molecular flexibility index (Phi) is 4.27. The normalized spacial score (nSPS) is 28.2. The van der Waals surface area contributed by atoms with Crippen LogP contribution in [0.2, 0.25) is 0 Å². The number of nitrogens with zero attached hydrogens (tertiary/aromatic N) is 1. The van der Waals surface area contributed by atoms with Crippen LogP contribution in [-0.2, 0) is 4.79 Å². The Balaban J connectivity index is 1.77. The fourth-order valence-electron chi connectivity index (χ4n) is 4.56. The third-order valence-electron chi connectivity index (χ3n) is 5.77. The molecule has 0 spiro atoms. The zero-order valence-corrected chi connectivity index (χ0v) is 15.0. The Hall–Kier alpha value is -2.62. The molecule has 2 aromatic carbocycles. The van der Waals surface area contributed by atoms with Crippen molar-refractivity contribution in [1.29, 1.82) is 0 Å². The van der Waals surface area contributed by atoms with Gasteiger partial charge in [-0.3, -0.25) is 9.59 Å². The van der Waals surface area contributed by atoms with E-state index in [2.05, 4.69) is 24.4 Å². The third-order valence-corrected chi connectivity index (χ3v) is 5.77. The molecule has 26 heavy (non-hydrogen) atoms. The molecule has 4 heteroatoms. The van der Waals surface area contributed by atoms with Crippen LogP contribution in [0.25, 0.3) is 0 Å². The molecule has 0 saturated carbocycles. The molecule has 134 valence electrons. The molecule has 0 aliphatic carbocycles. The van der Waals surface area contributed by atoms with Gasteiger partial charge in [0.2, 0.25) is 5.91 Å². The number of hydrogen-bond donors (Lipinski definition) is 1. The zero-order valence-electron chi connectivity index (χ0n) is 15.0. The van der Waals surface area contributed by atoms with Gasteiger partial charge in [-0.25, -0.2) is 0 Å². The molecule has 2 saturated heterocycles. The predicted octanol–water partition coefficient (Wildman–Crippen LogP) is 3.70. The summed E-state index contributed by atoms with van der Waals surface area (Å²) in [5, 5.41) is 3.22. The fraction of sp³-hybridized carbons (Fsp3) is 0.364. The van der Waals surface area contributed by atoms with E-state index >= 15 is 0 Å². The molecule has 0 bridgehead atoms. The molecule has 2 aliphatic rings. The number of nitrogens with one attached hydrogen (secondary N) is 1. The molecule has 3 atom stereocenters. The van der Waals surface area contributed by atoms with Gasteiger partial charge in [0.05, 0.1) is 17.6 Å². The molecular formula is C22H24N2O2. The van der Waals surface area contributed by atoms with E-state index in [0.717, 1.165) is 24.8 Å². The summed E-state index contributed by atoms with van der Waals surface area (Å²) in [6, 6.07) is 19.6. The van der Waals surface area contributed by atoms with Gasteiger partial charge >= 0.3 is 0 Å². The molecule has 2 amide bonds. The first-order valence-electron chi connectivity index (χ1n) is 9.32. The largest absolute Gasteiger partial charge is 0.349 e. The monoisotopic (exact) mass is 348 g/mol. The van der Waals surface area contributed by atoms with Crippen LogP contribution < -0.4 is 5.32 Å². The number of carbonyl (C=O) groups excluding carboxylic acids is 2. The van der Waals surface area contributed by atoms with Crippen LogP contribution in [0.3, 0.4) is 0 Å². The van der Waals surface area contributed by atoms with Crippen LogP contribution in [0.5, 0.6) is 0 Å². The zero-order chi connectivity index (χ0) is 18.1. The average Bonchev–Trinajstić information content (AvgIpc) is 2.86. The Morgan fingerprint density at radius 1 is 1.08 bits per heavy atom. The third kappa shape index (κ3) is 2.90. The summed E-state index contributed by atoms with van der Waals surface area (Å²) in [5.74, 6) is 0.139. The lowest BCUT2D eigenvalue weighted by atomic mass is 9.88. The lowest BCUT2D eigenvalue weighted by Crippen LogP contribution is -2.53. The van der Waals surface area contributed by atoms with Gasteiger partial charge in [0, 0.05) is 12.0 Å². The van der Waals surface area contributed by atoms with Crippen LogP contribution in [0, 0.1) is 0 Å². The maximum atomic E-state index is 13.4. The van der Waals surface area contributed by atoms with Gasteiger partial charge in [-0.1, -0.05) is 48.5 Å². The lowest BCUT2D eigenvalue weighted by Gasteiger charge is -2.35. The van der Waals surface area contributed by atoms with Crippen molar-refractivity contribution in [3.05, 3.63) is 71.8 Å². The van der Waals surface area contributed by atoms with Crippen molar-refractivity contribution < 1.29 is 9.59 Å². The van der Waals surface area contributed by atoms with Gasteiger partial charge in [-0.05, 0) is 43.9 Å². The molecule has 2 fully saturated rings. The Morgan fingerprint density at radius 3 is 2.42 bits per heavy atom. The first kappa shape index (κ1) is 16.8. The van der Waals surface area contributed by atoms with Gasteiger partial charge in [-0.2, -0.15) is 0 Å². The van der Waals surface area contributed by atoms with E-state index in [4.69, 9.17) is 0 Å². The molecule has 0 aromatic heterocycles. The molecule has 2 aliphatic heterocycles. The summed E-state index contributed by atoms with van der Waals surface area (Å²) in [6.07, 6.45) is 2.94. The molecule has 4 nitrogen and oxygen atoms in total. The second kappa shape index (κ2) is 6.60. The smallest absolute Gasteiger partial charge is 0.254 e. The Bertz CT molecular complexity index is 805. The van der Waals surface area contributed by atoms with E-state index in [9.17, 15) is 9.59 Å². The number of fused-ring (bicyclic) bond motifs is 1.